The highest BCUT2D eigenvalue weighted by Gasteiger charge is 2.02. The predicted octanol–water partition coefficient (Wildman–Crippen LogP) is 3.85. The second-order valence-corrected chi connectivity index (χ2v) is 5.61. The van der Waals surface area contributed by atoms with Crippen LogP contribution in [0.2, 0.25) is 5.02 Å². The van der Waals surface area contributed by atoms with Crippen LogP contribution in [0.1, 0.15) is 6.42 Å². The van der Waals surface area contributed by atoms with E-state index in [1.165, 1.54) is 0 Å². The van der Waals surface area contributed by atoms with Crippen LogP contribution in [0, 0.1) is 0 Å². The predicted molar refractivity (Wildman–Crippen MR) is 94.0 cm³/mol. The fraction of sp³-hybridized carbons (Fsp3) is 0.235. The Morgan fingerprint density at radius 2 is 1.59 bits per heavy atom. The molecule has 0 bridgehead atoms. The SMILES string of the molecule is CN(C)c1ccc(NCCC(=O)Nc2ccc(Cl)cc2)cc1. The van der Waals surface area contributed by atoms with Gasteiger partial charge in [-0.25, -0.2) is 0 Å². The lowest BCUT2D eigenvalue weighted by Gasteiger charge is -2.13. The van der Waals surface area contributed by atoms with Crippen molar-refractivity contribution in [2.24, 2.45) is 0 Å². The molecule has 0 fully saturated rings. The molecule has 0 radical (unpaired) electrons. The van der Waals surface area contributed by atoms with E-state index in [1.54, 1.807) is 24.3 Å². The molecule has 0 unspecified atom stereocenters. The van der Waals surface area contributed by atoms with E-state index in [9.17, 15) is 4.79 Å². The number of benzene rings is 2. The lowest BCUT2D eigenvalue weighted by molar-refractivity contribution is -0.115. The molecule has 0 atom stereocenters. The Bertz CT molecular complexity index is 609. The first-order valence-electron chi connectivity index (χ1n) is 7.11. The van der Waals surface area contributed by atoms with Crippen molar-refractivity contribution in [2.45, 2.75) is 6.42 Å². The van der Waals surface area contributed by atoms with Crippen LogP contribution in [0.5, 0.6) is 0 Å². The topological polar surface area (TPSA) is 44.4 Å². The van der Waals surface area contributed by atoms with Gasteiger partial charge in [0, 0.05) is 49.1 Å². The minimum Gasteiger partial charge on any atom is -0.385 e. The lowest BCUT2D eigenvalue weighted by Crippen LogP contribution is -2.16. The number of carbonyl (C=O) groups excluding carboxylic acids is 1. The smallest absolute Gasteiger partial charge is 0.226 e. The van der Waals surface area contributed by atoms with Crippen molar-refractivity contribution < 1.29 is 4.79 Å². The summed E-state index contributed by atoms with van der Waals surface area (Å²) in [6.07, 6.45) is 0.401. The number of carbonyl (C=O) groups is 1. The summed E-state index contributed by atoms with van der Waals surface area (Å²) in [5.74, 6) is -0.0280. The van der Waals surface area contributed by atoms with Crippen molar-refractivity contribution >= 4 is 34.6 Å². The van der Waals surface area contributed by atoms with Crippen LogP contribution in [0.4, 0.5) is 17.1 Å². The summed E-state index contributed by atoms with van der Waals surface area (Å²) >= 11 is 5.80. The Morgan fingerprint density at radius 3 is 2.18 bits per heavy atom. The number of hydrogen-bond acceptors (Lipinski definition) is 3. The van der Waals surface area contributed by atoms with Crippen LogP contribution in [0.25, 0.3) is 0 Å². The highest BCUT2D eigenvalue weighted by Crippen LogP contribution is 2.16. The van der Waals surface area contributed by atoms with Gasteiger partial charge in [0.05, 0.1) is 0 Å². The molecule has 4 nitrogen and oxygen atoms in total. The molecule has 0 saturated carbocycles. The fourth-order valence-corrected chi connectivity index (χ4v) is 2.08. The summed E-state index contributed by atoms with van der Waals surface area (Å²) in [5.41, 5.74) is 2.90. The van der Waals surface area contributed by atoms with Gasteiger partial charge in [0.1, 0.15) is 0 Å². The number of halogens is 1. The van der Waals surface area contributed by atoms with Gasteiger partial charge in [0.15, 0.2) is 0 Å². The maximum atomic E-state index is 11.8. The molecule has 0 spiro atoms. The van der Waals surface area contributed by atoms with E-state index < -0.39 is 0 Å². The Labute approximate surface area is 136 Å². The molecular formula is C17H20ClN3O. The first-order valence-corrected chi connectivity index (χ1v) is 7.49. The lowest BCUT2D eigenvalue weighted by atomic mass is 10.2. The molecule has 2 aromatic rings. The third kappa shape index (κ3) is 4.97. The van der Waals surface area contributed by atoms with E-state index in [0.717, 1.165) is 17.1 Å². The van der Waals surface area contributed by atoms with E-state index in [0.29, 0.717) is 18.0 Å². The van der Waals surface area contributed by atoms with Crippen LogP contribution in [-0.2, 0) is 4.79 Å². The molecule has 116 valence electrons. The van der Waals surface area contributed by atoms with E-state index in [-0.39, 0.29) is 5.91 Å². The van der Waals surface area contributed by atoms with Crippen molar-refractivity contribution in [3.63, 3.8) is 0 Å². The minimum absolute atomic E-state index is 0.0280. The Balaban J connectivity index is 1.75. The zero-order valence-electron chi connectivity index (χ0n) is 12.8. The molecule has 0 aliphatic heterocycles. The molecule has 2 rings (SSSR count). The van der Waals surface area contributed by atoms with Crippen molar-refractivity contribution in [1.29, 1.82) is 0 Å². The number of nitrogens with zero attached hydrogens (tertiary/aromatic N) is 1. The molecular weight excluding hydrogens is 298 g/mol. The maximum absolute atomic E-state index is 11.8. The first-order chi connectivity index (χ1) is 10.5. The summed E-state index contributed by atoms with van der Waals surface area (Å²) in [5, 5.41) is 6.72. The summed E-state index contributed by atoms with van der Waals surface area (Å²) in [6, 6.07) is 15.2. The standard InChI is InChI=1S/C17H20ClN3O/c1-21(2)16-9-7-14(8-10-16)19-12-11-17(22)20-15-5-3-13(18)4-6-15/h3-10,19H,11-12H2,1-2H3,(H,20,22). The van der Waals surface area contributed by atoms with Gasteiger partial charge in [-0.1, -0.05) is 11.6 Å². The third-order valence-corrected chi connectivity index (χ3v) is 3.44. The van der Waals surface area contributed by atoms with Gasteiger partial charge in [0.25, 0.3) is 0 Å². The molecule has 0 aromatic heterocycles. The molecule has 2 N–H and O–H groups in total. The van der Waals surface area contributed by atoms with Gasteiger partial charge in [-0.15, -0.1) is 0 Å². The van der Waals surface area contributed by atoms with Crippen LogP contribution in [-0.4, -0.2) is 26.5 Å². The number of rotatable bonds is 6. The van der Waals surface area contributed by atoms with Crippen molar-refractivity contribution in [3.05, 3.63) is 53.6 Å². The number of hydrogen-bond donors (Lipinski definition) is 2. The molecule has 0 aliphatic rings. The Kier molecular flexibility index (Phi) is 5.67. The van der Waals surface area contributed by atoms with E-state index in [2.05, 4.69) is 10.6 Å². The summed E-state index contributed by atoms with van der Waals surface area (Å²) in [7, 11) is 4.01. The highest BCUT2D eigenvalue weighted by atomic mass is 35.5. The Hall–Kier alpha value is -2.20. The first kappa shape index (κ1) is 16.2. The third-order valence-electron chi connectivity index (χ3n) is 3.19. The fourth-order valence-electron chi connectivity index (χ4n) is 1.95. The molecule has 0 aliphatic carbocycles. The summed E-state index contributed by atoms with van der Waals surface area (Å²) in [6.45, 7) is 0.584. The van der Waals surface area contributed by atoms with Gasteiger partial charge in [0.2, 0.25) is 5.91 Å². The number of anilines is 3. The quantitative estimate of drug-likeness (QED) is 0.850. The van der Waals surface area contributed by atoms with Crippen LogP contribution in [0.3, 0.4) is 0 Å². The zero-order chi connectivity index (χ0) is 15.9. The van der Waals surface area contributed by atoms with Crippen LogP contribution in [0.15, 0.2) is 48.5 Å². The van der Waals surface area contributed by atoms with Gasteiger partial charge in [-0.3, -0.25) is 4.79 Å². The Morgan fingerprint density at radius 1 is 1.00 bits per heavy atom. The van der Waals surface area contributed by atoms with Gasteiger partial charge in [-0.05, 0) is 48.5 Å². The largest absolute Gasteiger partial charge is 0.385 e. The van der Waals surface area contributed by atoms with E-state index in [1.807, 2.05) is 43.3 Å². The van der Waals surface area contributed by atoms with Gasteiger partial charge >= 0.3 is 0 Å². The normalized spacial score (nSPS) is 10.1. The average molecular weight is 318 g/mol. The van der Waals surface area contributed by atoms with Gasteiger partial charge in [-0.2, -0.15) is 0 Å². The van der Waals surface area contributed by atoms with Crippen molar-refractivity contribution in [3.8, 4) is 0 Å². The van der Waals surface area contributed by atoms with Crippen LogP contribution >= 0.6 is 11.6 Å². The monoisotopic (exact) mass is 317 g/mol. The number of nitrogens with one attached hydrogen (secondary N) is 2. The number of amides is 1. The maximum Gasteiger partial charge on any atom is 0.226 e. The zero-order valence-corrected chi connectivity index (χ0v) is 13.5. The van der Waals surface area contributed by atoms with Crippen molar-refractivity contribution in [1.82, 2.24) is 0 Å². The molecule has 2 aromatic carbocycles. The molecule has 22 heavy (non-hydrogen) atoms. The van der Waals surface area contributed by atoms with E-state index in [4.69, 9.17) is 11.6 Å². The minimum atomic E-state index is -0.0280. The summed E-state index contributed by atoms with van der Waals surface area (Å²) in [4.78, 5) is 13.9. The second-order valence-electron chi connectivity index (χ2n) is 5.17. The van der Waals surface area contributed by atoms with Gasteiger partial charge < -0.3 is 15.5 Å². The van der Waals surface area contributed by atoms with E-state index >= 15 is 0 Å². The highest BCUT2D eigenvalue weighted by molar-refractivity contribution is 6.30. The molecule has 1 amide bonds. The molecule has 0 heterocycles. The average Bonchev–Trinajstić information content (AvgIpc) is 2.50. The van der Waals surface area contributed by atoms with Crippen molar-refractivity contribution in [2.75, 3.05) is 36.2 Å². The molecule has 0 saturated heterocycles. The summed E-state index contributed by atoms with van der Waals surface area (Å²) < 4.78 is 0. The van der Waals surface area contributed by atoms with Crippen LogP contribution < -0.4 is 15.5 Å². The molecule has 5 heteroatoms. The second kappa shape index (κ2) is 7.71.